The molecule has 14 N–H and O–H groups in total. The molecule has 0 aromatic heterocycles. The molecule has 1 aliphatic heterocycles. The Bertz CT molecular complexity index is 1690. The number of amides is 10. The predicted octanol–water partition coefficient (Wildman–Crippen LogP) is -5.87. The molecule has 10 amide bonds. The Kier molecular flexibility index (Phi) is 26.3. The molecule has 8 atom stereocenters. The lowest BCUT2D eigenvalue weighted by Crippen LogP contribution is -2.58. The van der Waals surface area contributed by atoms with Gasteiger partial charge in [-0.05, 0) is 56.5 Å². The molecule has 1 heterocycles. The zero-order chi connectivity index (χ0) is 49.4. The van der Waals surface area contributed by atoms with E-state index in [-0.39, 0.29) is 31.7 Å². The van der Waals surface area contributed by atoms with Gasteiger partial charge in [-0.25, -0.2) is 0 Å². The third-order valence-electron chi connectivity index (χ3n) is 10.1. The number of rotatable bonds is 29. The molecule has 65 heavy (non-hydrogen) atoms. The summed E-state index contributed by atoms with van der Waals surface area (Å²) >= 11 is 1.41. The highest BCUT2D eigenvalue weighted by Gasteiger charge is 2.38. The van der Waals surface area contributed by atoms with E-state index < -0.39 is 153 Å². The molecule has 1 aliphatic rings. The van der Waals surface area contributed by atoms with Crippen LogP contribution in [-0.4, -0.2) is 185 Å². The lowest BCUT2D eigenvalue weighted by atomic mass is 9.96. The number of carboxylic acids is 1. The molecule has 0 aromatic rings. The second-order valence-corrected chi connectivity index (χ2v) is 16.8. The van der Waals surface area contributed by atoms with Crippen LogP contribution in [0.2, 0.25) is 0 Å². The van der Waals surface area contributed by atoms with Gasteiger partial charge in [-0.15, -0.1) is 0 Å². The van der Waals surface area contributed by atoms with E-state index in [9.17, 15) is 63.0 Å². The highest BCUT2D eigenvalue weighted by Crippen LogP contribution is 2.19. The number of hydrogen-bond acceptors (Lipinski definition) is 15. The zero-order valence-electron chi connectivity index (χ0n) is 37.7. The maximum absolute atomic E-state index is 13.4. The number of nitrogens with zero attached hydrogens (tertiary/aromatic N) is 1. The Hall–Kier alpha value is -5.60. The van der Waals surface area contributed by atoms with Crippen molar-refractivity contribution in [1.82, 2.24) is 52.8 Å². The van der Waals surface area contributed by atoms with E-state index in [1.165, 1.54) is 18.7 Å². The number of aliphatic hydroxyl groups is 2. The maximum atomic E-state index is 13.4. The minimum absolute atomic E-state index is 0.0694. The molecule has 1 fully saturated rings. The third kappa shape index (κ3) is 20.8. The summed E-state index contributed by atoms with van der Waals surface area (Å²) < 4.78 is 0. The van der Waals surface area contributed by atoms with Crippen molar-refractivity contribution >= 4 is 76.8 Å². The first-order chi connectivity index (χ1) is 30.6. The first-order valence-corrected chi connectivity index (χ1v) is 22.6. The molecule has 26 heteroatoms. The number of aliphatic carboxylic acids is 1. The van der Waals surface area contributed by atoms with Gasteiger partial charge in [0, 0.05) is 6.54 Å². The highest BCUT2D eigenvalue weighted by atomic mass is 32.2. The van der Waals surface area contributed by atoms with Crippen molar-refractivity contribution in [3.8, 4) is 0 Å². The standard InChI is InChI=1S/C39H67N11O14S/c1-7-21(4)32(37(61)48-25(13-20(2)3)35(59)45-22(5)39(63)64)49-31(56)17-44-36(60)27-9-8-11-50(27)38(62)26(19-52)46-30(55)16-42-28(53)14-41-29(54)15-43-34(58)24(10-12-65-6)47-33(57)23(40)18-51/h20-27,32,51-52H,7-19,40H2,1-6H3,(H,41,54)(H,42,53)(H,43,58)(H,44,60)(H,45,59)(H,46,55)(H,47,57)(H,48,61)(H,49,56)(H,63,64)/t21-,22-,23-,24-,25-,26-,27-,32-/m0/s1. The van der Waals surface area contributed by atoms with Crippen LogP contribution >= 0.6 is 11.8 Å². The number of nitrogens with two attached hydrogens (primary N) is 1. The van der Waals surface area contributed by atoms with Gasteiger partial charge in [-0.2, -0.15) is 11.8 Å². The van der Waals surface area contributed by atoms with Crippen molar-refractivity contribution in [2.45, 2.75) is 109 Å². The zero-order valence-corrected chi connectivity index (χ0v) is 38.5. The number of carboxylic acid groups (broad SMARTS) is 1. The summed E-state index contributed by atoms with van der Waals surface area (Å²) in [6.07, 6.45) is 3.16. The number of thioether (sulfide) groups is 1. The lowest BCUT2D eigenvalue weighted by Gasteiger charge is -2.28. The van der Waals surface area contributed by atoms with E-state index in [0.717, 1.165) is 4.90 Å². The van der Waals surface area contributed by atoms with Gasteiger partial charge in [-0.3, -0.25) is 52.7 Å². The van der Waals surface area contributed by atoms with E-state index in [4.69, 9.17) is 10.8 Å². The molecule has 1 rings (SSSR count). The minimum atomic E-state index is -1.52. The van der Waals surface area contributed by atoms with Gasteiger partial charge in [-0.1, -0.05) is 34.1 Å². The summed E-state index contributed by atoms with van der Waals surface area (Å²) in [6, 6.07) is -8.35. The SMILES string of the molecule is CC[C@H](C)[C@H](NC(=O)CNC(=O)[C@@H]1CCCN1C(=O)[C@H](CO)NC(=O)CNC(=O)CNC(=O)CNC(=O)[C@H](CCSC)NC(=O)[C@@H](N)CO)C(=O)N[C@@H](CC(C)C)C(=O)N[C@@H](C)C(=O)O. The average Bonchev–Trinajstić information content (AvgIpc) is 3.77. The Morgan fingerprint density at radius 3 is 1.80 bits per heavy atom. The van der Waals surface area contributed by atoms with Gasteiger partial charge in [0.25, 0.3) is 0 Å². The summed E-state index contributed by atoms with van der Waals surface area (Å²) in [5.74, 6) is -8.94. The normalized spacial score (nSPS) is 16.5. The minimum Gasteiger partial charge on any atom is -0.480 e. The van der Waals surface area contributed by atoms with Gasteiger partial charge < -0.3 is 73.8 Å². The highest BCUT2D eigenvalue weighted by molar-refractivity contribution is 7.98. The fourth-order valence-corrected chi connectivity index (χ4v) is 6.60. The molecule has 1 saturated heterocycles. The van der Waals surface area contributed by atoms with Gasteiger partial charge in [0.05, 0.1) is 39.4 Å². The van der Waals surface area contributed by atoms with Crippen LogP contribution in [0.3, 0.4) is 0 Å². The lowest BCUT2D eigenvalue weighted by molar-refractivity contribution is -0.142. The summed E-state index contributed by atoms with van der Waals surface area (Å²) in [5, 5.41) is 49.7. The molecule has 25 nitrogen and oxygen atoms in total. The number of nitrogens with one attached hydrogen (secondary N) is 9. The third-order valence-corrected chi connectivity index (χ3v) is 10.7. The fraction of sp³-hybridized carbons (Fsp3) is 0.718. The van der Waals surface area contributed by atoms with Crippen LogP contribution in [0.15, 0.2) is 0 Å². The second kappa shape index (κ2) is 29.8. The van der Waals surface area contributed by atoms with Crippen molar-refractivity contribution < 1.29 is 68.1 Å². The summed E-state index contributed by atoms with van der Waals surface area (Å²) in [7, 11) is 0. The van der Waals surface area contributed by atoms with Crippen molar-refractivity contribution in [3.63, 3.8) is 0 Å². The first kappa shape index (κ1) is 57.4. The van der Waals surface area contributed by atoms with Crippen molar-refractivity contribution in [3.05, 3.63) is 0 Å². The number of carbonyl (C=O) groups is 11. The van der Waals surface area contributed by atoms with E-state index in [1.807, 2.05) is 13.8 Å². The number of aliphatic hydroxyl groups excluding tert-OH is 2. The predicted molar refractivity (Wildman–Crippen MR) is 234 cm³/mol. The molecule has 0 saturated carbocycles. The maximum Gasteiger partial charge on any atom is 0.325 e. The van der Waals surface area contributed by atoms with Crippen molar-refractivity contribution in [2.75, 3.05) is 57.9 Å². The molecular formula is C39H67N11O14S. The number of hydrogen-bond donors (Lipinski definition) is 13. The molecule has 0 aliphatic carbocycles. The van der Waals surface area contributed by atoms with Crippen LogP contribution in [-0.2, 0) is 52.7 Å². The van der Waals surface area contributed by atoms with Crippen molar-refractivity contribution in [2.24, 2.45) is 17.6 Å². The molecular weight excluding hydrogens is 879 g/mol. The molecule has 0 aromatic carbocycles. The van der Waals surface area contributed by atoms with E-state index >= 15 is 0 Å². The monoisotopic (exact) mass is 945 g/mol. The van der Waals surface area contributed by atoms with Crippen LogP contribution in [0, 0.1) is 11.8 Å². The van der Waals surface area contributed by atoms with Crippen LogP contribution in [0.1, 0.15) is 66.7 Å². The second-order valence-electron chi connectivity index (χ2n) is 15.8. The Morgan fingerprint density at radius 2 is 1.25 bits per heavy atom. The summed E-state index contributed by atoms with van der Waals surface area (Å²) in [6.45, 7) is 4.49. The van der Waals surface area contributed by atoms with Gasteiger partial charge in [0.1, 0.15) is 42.3 Å². The first-order valence-electron chi connectivity index (χ1n) is 21.2. The Labute approximate surface area is 381 Å². The average molecular weight is 946 g/mol. The van der Waals surface area contributed by atoms with Crippen LogP contribution in [0.25, 0.3) is 0 Å². The van der Waals surface area contributed by atoms with Gasteiger partial charge in [0.2, 0.25) is 59.1 Å². The molecule has 0 spiro atoms. The Balaban J connectivity index is 2.73. The Morgan fingerprint density at radius 1 is 0.677 bits per heavy atom. The quantitative estimate of drug-likeness (QED) is 0.0332. The number of likely N-dealkylation sites (tertiary alicyclic amines) is 1. The topological polar surface area (TPSA) is 386 Å². The summed E-state index contributed by atoms with van der Waals surface area (Å²) in [5.41, 5.74) is 5.48. The van der Waals surface area contributed by atoms with Crippen LogP contribution in [0.4, 0.5) is 0 Å². The smallest absolute Gasteiger partial charge is 0.325 e. The fourth-order valence-electron chi connectivity index (χ4n) is 6.13. The molecule has 368 valence electrons. The van der Waals surface area contributed by atoms with Gasteiger partial charge >= 0.3 is 5.97 Å². The largest absolute Gasteiger partial charge is 0.480 e. The molecule has 0 radical (unpaired) electrons. The number of carbonyl (C=O) groups excluding carboxylic acids is 10. The van der Waals surface area contributed by atoms with Crippen molar-refractivity contribution in [1.29, 1.82) is 0 Å². The molecule has 0 unspecified atom stereocenters. The van der Waals surface area contributed by atoms with E-state index in [0.29, 0.717) is 18.6 Å². The van der Waals surface area contributed by atoms with E-state index in [2.05, 4.69) is 47.9 Å². The van der Waals surface area contributed by atoms with E-state index in [1.54, 1.807) is 20.1 Å². The summed E-state index contributed by atoms with van der Waals surface area (Å²) in [4.78, 5) is 140. The van der Waals surface area contributed by atoms with Crippen LogP contribution < -0.4 is 53.6 Å². The van der Waals surface area contributed by atoms with Crippen LogP contribution in [0.5, 0.6) is 0 Å². The molecule has 0 bridgehead atoms. The van der Waals surface area contributed by atoms with Gasteiger partial charge in [0.15, 0.2) is 0 Å².